The number of hydrogen-bond acceptors (Lipinski definition) is 2. The van der Waals surface area contributed by atoms with Crippen LogP contribution in [0.4, 0.5) is 5.69 Å². The average Bonchev–Trinajstić information content (AvgIpc) is 2.71. The molecule has 0 aliphatic rings. The van der Waals surface area contributed by atoms with Gasteiger partial charge in [-0.25, -0.2) is 0 Å². The molecule has 2 aromatic rings. The number of anilines is 1. The number of nitrogens with zero attached hydrogens (tertiary/aromatic N) is 2. The van der Waals surface area contributed by atoms with E-state index in [1.165, 1.54) is 11.3 Å². The van der Waals surface area contributed by atoms with Crippen molar-refractivity contribution in [3.05, 3.63) is 45.7 Å². The summed E-state index contributed by atoms with van der Waals surface area (Å²) in [5.41, 5.74) is 4.80. The molecule has 0 bridgehead atoms. The van der Waals surface area contributed by atoms with Crippen LogP contribution in [0.3, 0.4) is 0 Å². The Morgan fingerprint density at radius 3 is 2.68 bits per heavy atom. The molecule has 0 spiro atoms. The van der Waals surface area contributed by atoms with Crippen molar-refractivity contribution < 1.29 is 0 Å². The maximum absolute atomic E-state index is 4.50. The van der Waals surface area contributed by atoms with E-state index in [-0.39, 0.29) is 0 Å². The summed E-state index contributed by atoms with van der Waals surface area (Å²) in [5.74, 6) is 0. The van der Waals surface area contributed by atoms with Gasteiger partial charge in [0, 0.05) is 12.7 Å². The number of rotatable bonds is 5. The largest absolute Gasteiger partial charge is 0.379 e. The molecule has 0 saturated heterocycles. The summed E-state index contributed by atoms with van der Waals surface area (Å²) in [6.07, 6.45) is 2.00. The lowest BCUT2D eigenvalue weighted by atomic mass is 10.1. The molecule has 0 saturated carbocycles. The quantitative estimate of drug-likeness (QED) is 0.904. The van der Waals surface area contributed by atoms with Crippen molar-refractivity contribution in [1.29, 1.82) is 0 Å². The standard InChI is InChI=1S/C15H20BrN3/c1-4-11-7-6-8-12(9-11)17-10-14-15(16)13(5-2)18-19(14)3/h6-9,17H,4-5,10H2,1-3H3. The predicted octanol–water partition coefficient (Wildman–Crippen LogP) is 3.92. The molecular weight excluding hydrogens is 302 g/mol. The van der Waals surface area contributed by atoms with E-state index in [1.807, 2.05) is 11.7 Å². The van der Waals surface area contributed by atoms with Crippen molar-refractivity contribution in [2.45, 2.75) is 33.2 Å². The van der Waals surface area contributed by atoms with Gasteiger partial charge in [0.25, 0.3) is 0 Å². The second-order valence-corrected chi connectivity index (χ2v) is 5.39. The zero-order chi connectivity index (χ0) is 13.8. The zero-order valence-corrected chi connectivity index (χ0v) is 13.3. The van der Waals surface area contributed by atoms with Crippen LogP contribution in [0.15, 0.2) is 28.7 Å². The van der Waals surface area contributed by atoms with Gasteiger partial charge in [0.1, 0.15) is 0 Å². The molecule has 2 rings (SSSR count). The molecule has 19 heavy (non-hydrogen) atoms. The molecule has 1 N–H and O–H groups in total. The number of nitrogens with one attached hydrogen (secondary N) is 1. The van der Waals surface area contributed by atoms with Gasteiger partial charge in [0.15, 0.2) is 0 Å². The maximum atomic E-state index is 4.50. The molecule has 102 valence electrons. The fraction of sp³-hybridized carbons (Fsp3) is 0.400. The van der Waals surface area contributed by atoms with E-state index >= 15 is 0 Å². The van der Waals surface area contributed by atoms with E-state index in [2.05, 4.69) is 64.5 Å². The molecule has 4 heteroatoms. The van der Waals surface area contributed by atoms with Crippen LogP contribution >= 0.6 is 15.9 Å². The maximum Gasteiger partial charge on any atom is 0.0767 e. The summed E-state index contributed by atoms with van der Waals surface area (Å²) >= 11 is 3.64. The summed E-state index contributed by atoms with van der Waals surface area (Å²) in [5, 5.41) is 7.97. The highest BCUT2D eigenvalue weighted by molar-refractivity contribution is 9.10. The van der Waals surface area contributed by atoms with Crippen molar-refractivity contribution in [2.75, 3.05) is 5.32 Å². The SMILES string of the molecule is CCc1cccc(NCc2c(Br)c(CC)nn2C)c1. The summed E-state index contributed by atoms with van der Waals surface area (Å²) in [7, 11) is 1.99. The number of benzene rings is 1. The molecule has 0 aliphatic carbocycles. The van der Waals surface area contributed by atoms with Crippen LogP contribution in [-0.2, 0) is 26.4 Å². The van der Waals surface area contributed by atoms with Gasteiger partial charge < -0.3 is 5.32 Å². The van der Waals surface area contributed by atoms with E-state index in [0.29, 0.717) is 0 Å². The summed E-state index contributed by atoms with van der Waals surface area (Å²) < 4.78 is 3.07. The second kappa shape index (κ2) is 6.24. The van der Waals surface area contributed by atoms with Gasteiger partial charge in [0.2, 0.25) is 0 Å². The first-order valence-corrected chi connectivity index (χ1v) is 7.48. The zero-order valence-electron chi connectivity index (χ0n) is 11.7. The van der Waals surface area contributed by atoms with Crippen LogP contribution in [0, 0.1) is 0 Å². The minimum absolute atomic E-state index is 0.775. The summed E-state index contributed by atoms with van der Waals surface area (Å²) in [6, 6.07) is 8.55. The topological polar surface area (TPSA) is 29.9 Å². The van der Waals surface area contributed by atoms with E-state index in [4.69, 9.17) is 0 Å². The Morgan fingerprint density at radius 1 is 1.26 bits per heavy atom. The number of hydrogen-bond donors (Lipinski definition) is 1. The van der Waals surface area contributed by atoms with Crippen LogP contribution < -0.4 is 5.32 Å². The second-order valence-electron chi connectivity index (χ2n) is 4.59. The highest BCUT2D eigenvalue weighted by Crippen LogP contribution is 2.22. The Bertz CT molecular complexity index is 561. The number of halogens is 1. The monoisotopic (exact) mass is 321 g/mol. The molecule has 0 atom stereocenters. The minimum Gasteiger partial charge on any atom is -0.379 e. The van der Waals surface area contributed by atoms with Gasteiger partial charge in [-0.3, -0.25) is 4.68 Å². The molecular formula is C15H20BrN3. The van der Waals surface area contributed by atoms with Crippen molar-refractivity contribution in [3.8, 4) is 0 Å². The molecule has 0 fully saturated rings. The van der Waals surface area contributed by atoms with Crippen molar-refractivity contribution in [2.24, 2.45) is 7.05 Å². The van der Waals surface area contributed by atoms with E-state index in [9.17, 15) is 0 Å². The van der Waals surface area contributed by atoms with Crippen LogP contribution in [-0.4, -0.2) is 9.78 Å². The molecule has 1 heterocycles. The lowest BCUT2D eigenvalue weighted by Gasteiger charge is -2.08. The Balaban J connectivity index is 2.12. The van der Waals surface area contributed by atoms with Gasteiger partial charge in [0.05, 0.1) is 22.4 Å². The fourth-order valence-electron chi connectivity index (χ4n) is 2.10. The van der Waals surface area contributed by atoms with Crippen LogP contribution in [0.25, 0.3) is 0 Å². The third-order valence-corrected chi connectivity index (χ3v) is 4.21. The lowest BCUT2D eigenvalue weighted by Crippen LogP contribution is -2.06. The number of aryl methyl sites for hydroxylation is 3. The van der Waals surface area contributed by atoms with Crippen LogP contribution in [0.5, 0.6) is 0 Å². The van der Waals surface area contributed by atoms with Crippen LogP contribution in [0.1, 0.15) is 30.8 Å². The third kappa shape index (κ3) is 3.18. The highest BCUT2D eigenvalue weighted by atomic mass is 79.9. The lowest BCUT2D eigenvalue weighted by molar-refractivity contribution is 0.706. The van der Waals surface area contributed by atoms with Gasteiger partial charge in [-0.15, -0.1) is 0 Å². The Kier molecular flexibility index (Phi) is 4.64. The Labute approximate surface area is 123 Å². The molecule has 1 aromatic carbocycles. The fourth-order valence-corrected chi connectivity index (χ4v) is 2.86. The first-order valence-electron chi connectivity index (χ1n) is 6.68. The van der Waals surface area contributed by atoms with Gasteiger partial charge in [-0.05, 0) is 46.5 Å². The number of aromatic nitrogens is 2. The molecule has 0 unspecified atom stereocenters. The average molecular weight is 322 g/mol. The van der Waals surface area contributed by atoms with Crippen molar-refractivity contribution >= 4 is 21.6 Å². The molecule has 1 aromatic heterocycles. The molecule has 0 radical (unpaired) electrons. The smallest absolute Gasteiger partial charge is 0.0767 e. The Morgan fingerprint density at radius 2 is 2.05 bits per heavy atom. The molecule has 0 amide bonds. The van der Waals surface area contributed by atoms with Gasteiger partial charge in [-0.1, -0.05) is 26.0 Å². The highest BCUT2D eigenvalue weighted by Gasteiger charge is 2.11. The van der Waals surface area contributed by atoms with E-state index in [1.54, 1.807) is 0 Å². The first kappa shape index (κ1) is 14.1. The van der Waals surface area contributed by atoms with Crippen molar-refractivity contribution in [1.82, 2.24) is 9.78 Å². The minimum atomic E-state index is 0.775. The van der Waals surface area contributed by atoms with Crippen molar-refractivity contribution in [3.63, 3.8) is 0 Å². The normalized spacial score (nSPS) is 10.7. The third-order valence-electron chi connectivity index (χ3n) is 3.30. The van der Waals surface area contributed by atoms with Gasteiger partial charge >= 0.3 is 0 Å². The van der Waals surface area contributed by atoms with E-state index < -0.39 is 0 Å². The van der Waals surface area contributed by atoms with Gasteiger partial charge in [-0.2, -0.15) is 5.10 Å². The van der Waals surface area contributed by atoms with E-state index in [0.717, 1.165) is 35.2 Å². The molecule has 0 aliphatic heterocycles. The predicted molar refractivity (Wildman–Crippen MR) is 83.4 cm³/mol. The Hall–Kier alpha value is -1.29. The summed E-state index contributed by atoms with van der Waals surface area (Å²) in [6.45, 7) is 5.07. The molecule has 3 nitrogen and oxygen atoms in total. The first-order chi connectivity index (χ1) is 9.15. The summed E-state index contributed by atoms with van der Waals surface area (Å²) in [4.78, 5) is 0. The van der Waals surface area contributed by atoms with Crippen LogP contribution in [0.2, 0.25) is 0 Å².